The van der Waals surface area contributed by atoms with Crippen molar-refractivity contribution in [2.24, 2.45) is 5.41 Å². The third kappa shape index (κ3) is 6.77. The van der Waals surface area contributed by atoms with Gasteiger partial charge in [-0.15, -0.1) is 0 Å². The summed E-state index contributed by atoms with van der Waals surface area (Å²) in [4.78, 5) is 26.0. The van der Waals surface area contributed by atoms with Gasteiger partial charge < -0.3 is 15.5 Å². The molecule has 128 valence electrons. The van der Waals surface area contributed by atoms with Crippen LogP contribution < -0.4 is 10.6 Å². The highest BCUT2D eigenvalue weighted by Gasteiger charge is 2.27. The number of carbonyl (C=O) groups is 2. The minimum atomic E-state index is 0.000976. The molecule has 0 unspecified atom stereocenters. The van der Waals surface area contributed by atoms with Crippen molar-refractivity contribution in [3.05, 3.63) is 0 Å². The summed E-state index contributed by atoms with van der Waals surface area (Å²) in [6.07, 6.45) is 4.73. The summed E-state index contributed by atoms with van der Waals surface area (Å²) in [5.74, 6) is 0.105. The van der Waals surface area contributed by atoms with Gasteiger partial charge in [-0.25, -0.2) is 0 Å². The maximum Gasteiger partial charge on any atom is 0.223 e. The van der Waals surface area contributed by atoms with Crippen molar-refractivity contribution in [3.8, 4) is 0 Å². The van der Waals surface area contributed by atoms with Gasteiger partial charge in [0.25, 0.3) is 0 Å². The van der Waals surface area contributed by atoms with E-state index in [1.165, 1.54) is 0 Å². The zero-order chi connectivity index (χ0) is 16.4. The van der Waals surface area contributed by atoms with Gasteiger partial charge >= 0.3 is 0 Å². The summed E-state index contributed by atoms with van der Waals surface area (Å²) in [5, 5.41) is 6.35. The van der Waals surface area contributed by atoms with E-state index >= 15 is 0 Å². The third-order valence-corrected chi connectivity index (χ3v) is 4.43. The van der Waals surface area contributed by atoms with Crippen LogP contribution in [0.15, 0.2) is 0 Å². The van der Waals surface area contributed by atoms with Gasteiger partial charge in [0.1, 0.15) is 0 Å². The Kier molecular flexibility index (Phi) is 8.46. The average molecular weight is 311 g/mol. The lowest BCUT2D eigenvalue weighted by Gasteiger charge is -2.34. The van der Waals surface area contributed by atoms with E-state index in [4.69, 9.17) is 0 Å². The highest BCUT2D eigenvalue weighted by molar-refractivity contribution is 5.83. The first-order valence-electron chi connectivity index (χ1n) is 8.76. The molecule has 1 saturated heterocycles. The summed E-state index contributed by atoms with van der Waals surface area (Å²) in [6.45, 7) is 10.7. The highest BCUT2D eigenvalue weighted by Crippen LogP contribution is 2.26. The maximum absolute atomic E-state index is 12.1. The van der Waals surface area contributed by atoms with Crippen LogP contribution in [-0.4, -0.2) is 49.4 Å². The van der Waals surface area contributed by atoms with E-state index in [1.54, 1.807) is 0 Å². The van der Waals surface area contributed by atoms with Crippen molar-refractivity contribution >= 4 is 11.8 Å². The largest absolute Gasteiger partial charge is 0.356 e. The SMILES string of the molecule is CCCN(CCC)C(=O)CCC(=O)NCC1(C)CCNCC1. The summed E-state index contributed by atoms with van der Waals surface area (Å²) < 4.78 is 0. The van der Waals surface area contributed by atoms with Crippen LogP contribution in [0.2, 0.25) is 0 Å². The second-order valence-electron chi connectivity index (χ2n) is 6.72. The van der Waals surface area contributed by atoms with Gasteiger partial charge in [0.05, 0.1) is 0 Å². The minimum Gasteiger partial charge on any atom is -0.356 e. The Hall–Kier alpha value is -1.10. The van der Waals surface area contributed by atoms with Gasteiger partial charge in [-0.2, -0.15) is 0 Å². The molecular formula is C17H33N3O2. The normalized spacial score (nSPS) is 17.0. The molecule has 22 heavy (non-hydrogen) atoms. The van der Waals surface area contributed by atoms with Crippen molar-refractivity contribution in [1.29, 1.82) is 0 Å². The molecule has 0 aromatic carbocycles. The fourth-order valence-corrected chi connectivity index (χ4v) is 2.89. The fraction of sp³-hybridized carbons (Fsp3) is 0.882. The van der Waals surface area contributed by atoms with Crippen molar-refractivity contribution in [3.63, 3.8) is 0 Å². The molecule has 0 aromatic rings. The summed E-state index contributed by atoms with van der Waals surface area (Å²) in [5.41, 5.74) is 0.196. The van der Waals surface area contributed by atoms with Crippen LogP contribution in [0.25, 0.3) is 0 Å². The van der Waals surface area contributed by atoms with E-state index in [1.807, 2.05) is 4.90 Å². The van der Waals surface area contributed by atoms with Crippen molar-refractivity contribution in [2.75, 3.05) is 32.7 Å². The molecule has 0 radical (unpaired) electrons. The molecule has 1 heterocycles. The van der Waals surface area contributed by atoms with Gasteiger partial charge in [-0.1, -0.05) is 20.8 Å². The molecule has 2 N–H and O–H groups in total. The first kappa shape index (κ1) is 18.9. The first-order valence-corrected chi connectivity index (χ1v) is 8.76. The number of nitrogens with zero attached hydrogens (tertiary/aromatic N) is 1. The Morgan fingerprint density at radius 3 is 2.23 bits per heavy atom. The maximum atomic E-state index is 12.1. The van der Waals surface area contributed by atoms with E-state index in [2.05, 4.69) is 31.4 Å². The molecule has 0 aliphatic carbocycles. The lowest BCUT2D eigenvalue weighted by atomic mass is 9.81. The van der Waals surface area contributed by atoms with Crippen LogP contribution in [0.4, 0.5) is 0 Å². The Labute approximate surface area is 135 Å². The van der Waals surface area contributed by atoms with Crippen LogP contribution >= 0.6 is 0 Å². The average Bonchev–Trinajstić information content (AvgIpc) is 2.51. The molecule has 0 aromatic heterocycles. The standard InChI is InChI=1S/C17H33N3O2/c1-4-12-20(13-5-2)16(22)7-6-15(21)19-14-17(3)8-10-18-11-9-17/h18H,4-14H2,1-3H3,(H,19,21). The quantitative estimate of drug-likeness (QED) is 0.684. The van der Waals surface area contributed by atoms with Gasteiger partial charge in [0, 0.05) is 32.5 Å². The summed E-state index contributed by atoms with van der Waals surface area (Å²) >= 11 is 0. The first-order chi connectivity index (χ1) is 10.5. The zero-order valence-corrected chi connectivity index (χ0v) is 14.5. The lowest BCUT2D eigenvalue weighted by Crippen LogP contribution is -2.43. The second-order valence-corrected chi connectivity index (χ2v) is 6.72. The number of hydrogen-bond acceptors (Lipinski definition) is 3. The van der Waals surface area contributed by atoms with E-state index < -0.39 is 0 Å². The predicted octanol–water partition coefficient (Wildman–Crippen LogP) is 1.92. The Bertz CT molecular complexity index is 346. The molecule has 1 aliphatic heterocycles. The lowest BCUT2D eigenvalue weighted by molar-refractivity contribution is -0.133. The topological polar surface area (TPSA) is 61.4 Å². The molecule has 1 rings (SSSR count). The number of piperidine rings is 1. The minimum absolute atomic E-state index is 0.000976. The fourth-order valence-electron chi connectivity index (χ4n) is 2.89. The molecule has 1 fully saturated rings. The van der Waals surface area contributed by atoms with Crippen LogP contribution in [0.3, 0.4) is 0 Å². The molecule has 0 atom stereocenters. The van der Waals surface area contributed by atoms with E-state index in [0.29, 0.717) is 12.8 Å². The number of carbonyl (C=O) groups excluding carboxylic acids is 2. The molecule has 5 nitrogen and oxygen atoms in total. The van der Waals surface area contributed by atoms with Crippen LogP contribution in [0.5, 0.6) is 0 Å². The molecule has 0 bridgehead atoms. The molecular weight excluding hydrogens is 278 g/mol. The van der Waals surface area contributed by atoms with Gasteiger partial charge in [-0.05, 0) is 44.2 Å². The predicted molar refractivity (Wildman–Crippen MR) is 89.6 cm³/mol. The number of rotatable bonds is 9. The van der Waals surface area contributed by atoms with Gasteiger partial charge in [0.2, 0.25) is 11.8 Å². The van der Waals surface area contributed by atoms with E-state index in [9.17, 15) is 9.59 Å². The number of nitrogens with one attached hydrogen (secondary N) is 2. The van der Waals surface area contributed by atoms with E-state index in [-0.39, 0.29) is 17.2 Å². The van der Waals surface area contributed by atoms with E-state index in [0.717, 1.165) is 58.4 Å². The third-order valence-electron chi connectivity index (χ3n) is 4.43. The molecule has 0 spiro atoms. The summed E-state index contributed by atoms with van der Waals surface area (Å²) in [6, 6.07) is 0. The Morgan fingerprint density at radius 1 is 1.09 bits per heavy atom. The second kappa shape index (κ2) is 9.82. The highest BCUT2D eigenvalue weighted by atomic mass is 16.2. The van der Waals surface area contributed by atoms with Gasteiger partial charge in [-0.3, -0.25) is 9.59 Å². The smallest absolute Gasteiger partial charge is 0.223 e. The molecule has 2 amide bonds. The van der Waals surface area contributed by atoms with Crippen molar-refractivity contribution < 1.29 is 9.59 Å². The molecule has 0 saturated carbocycles. The number of hydrogen-bond donors (Lipinski definition) is 2. The van der Waals surface area contributed by atoms with Gasteiger partial charge in [0.15, 0.2) is 0 Å². The van der Waals surface area contributed by atoms with Crippen molar-refractivity contribution in [1.82, 2.24) is 15.5 Å². The monoisotopic (exact) mass is 311 g/mol. The molecule has 5 heteroatoms. The van der Waals surface area contributed by atoms with Crippen LogP contribution in [0.1, 0.15) is 59.3 Å². The Balaban J connectivity index is 2.28. The number of amides is 2. The van der Waals surface area contributed by atoms with Crippen LogP contribution in [-0.2, 0) is 9.59 Å². The van der Waals surface area contributed by atoms with Crippen molar-refractivity contribution in [2.45, 2.75) is 59.3 Å². The summed E-state index contributed by atoms with van der Waals surface area (Å²) in [7, 11) is 0. The van der Waals surface area contributed by atoms with Crippen LogP contribution in [0, 0.1) is 5.41 Å². The Morgan fingerprint density at radius 2 is 1.68 bits per heavy atom. The molecule has 1 aliphatic rings. The zero-order valence-electron chi connectivity index (χ0n) is 14.5.